The Morgan fingerprint density at radius 1 is 0.889 bits per heavy atom. The van der Waals surface area contributed by atoms with Gasteiger partial charge >= 0.3 is 0 Å². The molecule has 8 heteroatoms. The number of benzene rings is 3. The molecule has 6 aromatic rings. The van der Waals surface area contributed by atoms with Gasteiger partial charge in [-0.05, 0) is 42.3 Å². The van der Waals surface area contributed by atoms with E-state index in [9.17, 15) is 4.79 Å². The number of fused-ring (bicyclic) bond motifs is 2. The number of H-pyrrole nitrogens is 1. The number of nitrogen functional groups attached to an aromatic ring is 1. The Balaban J connectivity index is 1.66. The van der Waals surface area contributed by atoms with Gasteiger partial charge in [-0.15, -0.1) is 0 Å². The maximum Gasteiger partial charge on any atom is 0.266 e. The number of nitrogens with two attached hydrogens (primary N) is 1. The Bertz CT molecular complexity index is 1760. The number of aryl methyl sites for hydroxylation is 1. The SMILES string of the molecule is Cc1cccc2nc(C(Nc3nc(N)nc4[nH]ccc34)c3ccccc3)n(-c3ccccc3)c(=O)c12. The summed E-state index contributed by atoms with van der Waals surface area (Å²) in [6.45, 7) is 1.93. The highest BCUT2D eigenvalue weighted by Crippen LogP contribution is 2.30. The molecule has 1 unspecified atom stereocenters. The predicted molar refractivity (Wildman–Crippen MR) is 142 cm³/mol. The number of nitrogens with one attached hydrogen (secondary N) is 2. The van der Waals surface area contributed by atoms with Crippen molar-refractivity contribution in [3.05, 3.63) is 118 Å². The van der Waals surface area contributed by atoms with Gasteiger partial charge in [0.05, 0.1) is 22.0 Å². The molecule has 0 bridgehead atoms. The Kier molecular flexibility index (Phi) is 5.19. The van der Waals surface area contributed by atoms with Crippen LogP contribution in [0.1, 0.15) is 23.0 Å². The van der Waals surface area contributed by atoms with Crippen molar-refractivity contribution in [2.45, 2.75) is 13.0 Å². The van der Waals surface area contributed by atoms with Gasteiger partial charge in [0.1, 0.15) is 23.3 Å². The van der Waals surface area contributed by atoms with Gasteiger partial charge in [0.2, 0.25) is 5.95 Å². The predicted octanol–water partition coefficient (Wildman–Crippen LogP) is 4.75. The molecule has 0 aliphatic heterocycles. The fraction of sp³-hybridized carbons (Fsp3) is 0.0714. The molecule has 36 heavy (non-hydrogen) atoms. The number of aromatic nitrogens is 5. The summed E-state index contributed by atoms with van der Waals surface area (Å²) < 4.78 is 1.68. The van der Waals surface area contributed by atoms with Crippen LogP contribution in [-0.2, 0) is 0 Å². The Morgan fingerprint density at radius 3 is 2.42 bits per heavy atom. The van der Waals surface area contributed by atoms with Crippen LogP contribution < -0.4 is 16.6 Å². The van der Waals surface area contributed by atoms with E-state index in [1.54, 1.807) is 10.8 Å². The highest BCUT2D eigenvalue weighted by molar-refractivity contribution is 5.88. The molecule has 3 aromatic carbocycles. The summed E-state index contributed by atoms with van der Waals surface area (Å²) in [6.07, 6.45) is 1.79. The fourth-order valence-electron chi connectivity index (χ4n) is 4.58. The molecule has 0 radical (unpaired) electrons. The van der Waals surface area contributed by atoms with Crippen LogP contribution in [-0.4, -0.2) is 24.5 Å². The molecule has 4 N–H and O–H groups in total. The molecule has 176 valence electrons. The van der Waals surface area contributed by atoms with Crippen LogP contribution in [0.3, 0.4) is 0 Å². The molecule has 3 heterocycles. The van der Waals surface area contributed by atoms with Crippen LogP contribution in [0.2, 0.25) is 0 Å². The number of aromatic amines is 1. The van der Waals surface area contributed by atoms with Crippen molar-refractivity contribution in [3.63, 3.8) is 0 Å². The second-order valence-electron chi connectivity index (χ2n) is 8.57. The lowest BCUT2D eigenvalue weighted by molar-refractivity contribution is 0.761. The van der Waals surface area contributed by atoms with Crippen LogP contribution in [0.25, 0.3) is 27.6 Å². The van der Waals surface area contributed by atoms with Crippen LogP contribution in [0.4, 0.5) is 11.8 Å². The van der Waals surface area contributed by atoms with E-state index in [1.807, 2.05) is 91.9 Å². The van der Waals surface area contributed by atoms with E-state index < -0.39 is 6.04 Å². The van der Waals surface area contributed by atoms with Gasteiger partial charge in [-0.25, -0.2) is 4.98 Å². The Labute approximate surface area is 206 Å². The summed E-state index contributed by atoms with van der Waals surface area (Å²) in [7, 11) is 0. The zero-order valence-electron chi connectivity index (χ0n) is 19.5. The van der Waals surface area contributed by atoms with Gasteiger partial charge in [0, 0.05) is 6.20 Å². The number of hydrogen-bond acceptors (Lipinski definition) is 6. The Morgan fingerprint density at radius 2 is 1.64 bits per heavy atom. The van der Waals surface area contributed by atoms with E-state index in [0.717, 1.165) is 22.2 Å². The molecule has 8 nitrogen and oxygen atoms in total. The second-order valence-corrected chi connectivity index (χ2v) is 8.57. The minimum absolute atomic E-state index is 0.129. The van der Waals surface area contributed by atoms with E-state index in [2.05, 4.69) is 20.3 Å². The van der Waals surface area contributed by atoms with Crippen molar-refractivity contribution in [2.75, 3.05) is 11.1 Å². The minimum atomic E-state index is -0.517. The lowest BCUT2D eigenvalue weighted by atomic mass is 10.0. The smallest absolute Gasteiger partial charge is 0.266 e. The summed E-state index contributed by atoms with van der Waals surface area (Å²) in [5.41, 5.74) is 9.68. The molecule has 0 amide bonds. The van der Waals surface area contributed by atoms with E-state index in [0.29, 0.717) is 28.2 Å². The number of anilines is 2. The Hall–Kier alpha value is -4.98. The van der Waals surface area contributed by atoms with Crippen molar-refractivity contribution in [1.82, 2.24) is 24.5 Å². The number of rotatable bonds is 5. The van der Waals surface area contributed by atoms with Crippen LogP contribution >= 0.6 is 0 Å². The van der Waals surface area contributed by atoms with E-state index in [-0.39, 0.29) is 11.5 Å². The largest absolute Gasteiger partial charge is 0.368 e. The van der Waals surface area contributed by atoms with Gasteiger partial charge in [0.15, 0.2) is 0 Å². The van der Waals surface area contributed by atoms with Crippen LogP contribution in [0.5, 0.6) is 0 Å². The molecule has 0 saturated heterocycles. The molecular formula is C28H23N7O. The molecule has 0 saturated carbocycles. The first-order valence-corrected chi connectivity index (χ1v) is 11.6. The van der Waals surface area contributed by atoms with Gasteiger partial charge in [-0.2, -0.15) is 9.97 Å². The molecule has 1 atom stereocenters. The molecule has 0 aliphatic carbocycles. The quantitative estimate of drug-likeness (QED) is 0.333. The summed E-state index contributed by atoms with van der Waals surface area (Å²) in [4.78, 5) is 30.9. The van der Waals surface area contributed by atoms with Crippen LogP contribution in [0, 0.1) is 6.92 Å². The lowest BCUT2D eigenvalue weighted by Crippen LogP contribution is -2.29. The van der Waals surface area contributed by atoms with Crippen LogP contribution in [0.15, 0.2) is 95.9 Å². The summed E-state index contributed by atoms with van der Waals surface area (Å²) >= 11 is 0. The second kappa shape index (κ2) is 8.66. The molecule has 0 fully saturated rings. The molecule has 0 aliphatic rings. The van der Waals surface area contributed by atoms with Crippen molar-refractivity contribution < 1.29 is 0 Å². The molecule has 0 spiro atoms. The third-order valence-electron chi connectivity index (χ3n) is 6.25. The van der Waals surface area contributed by atoms with E-state index in [4.69, 9.17) is 10.7 Å². The van der Waals surface area contributed by atoms with Crippen molar-refractivity contribution >= 4 is 33.7 Å². The fourth-order valence-corrected chi connectivity index (χ4v) is 4.58. The molecule has 3 aromatic heterocycles. The number of para-hydroxylation sites is 1. The first-order chi connectivity index (χ1) is 17.6. The normalized spacial score (nSPS) is 12.1. The topological polar surface area (TPSA) is 115 Å². The molecule has 6 rings (SSSR count). The summed E-state index contributed by atoms with van der Waals surface area (Å²) in [6, 6.07) is 26.5. The first kappa shape index (κ1) is 21.5. The highest BCUT2D eigenvalue weighted by atomic mass is 16.1. The summed E-state index contributed by atoms with van der Waals surface area (Å²) in [5, 5.41) is 4.91. The van der Waals surface area contributed by atoms with E-state index >= 15 is 0 Å². The maximum atomic E-state index is 14.0. The molecular weight excluding hydrogens is 450 g/mol. The minimum Gasteiger partial charge on any atom is -0.368 e. The lowest BCUT2D eigenvalue weighted by Gasteiger charge is -2.24. The van der Waals surface area contributed by atoms with Gasteiger partial charge in [-0.3, -0.25) is 9.36 Å². The standard InChI is InChI=1S/C28H23N7O/c1-17-9-8-14-21-22(17)27(36)35(19-12-6-3-7-13-19)26(31-21)23(18-10-4-2-5-11-18)32-25-20-15-16-30-24(20)33-28(29)34-25/h2-16,23H,1H3,(H4,29,30,32,33,34). The summed E-state index contributed by atoms with van der Waals surface area (Å²) in [5.74, 6) is 1.23. The number of nitrogens with zero attached hydrogens (tertiary/aromatic N) is 4. The average molecular weight is 474 g/mol. The van der Waals surface area contributed by atoms with Gasteiger partial charge in [-0.1, -0.05) is 60.7 Å². The average Bonchev–Trinajstić information content (AvgIpc) is 3.37. The highest BCUT2D eigenvalue weighted by Gasteiger charge is 2.25. The first-order valence-electron chi connectivity index (χ1n) is 11.6. The zero-order valence-corrected chi connectivity index (χ0v) is 19.5. The van der Waals surface area contributed by atoms with Gasteiger partial charge < -0.3 is 16.0 Å². The van der Waals surface area contributed by atoms with Crippen molar-refractivity contribution in [3.8, 4) is 5.69 Å². The number of hydrogen-bond donors (Lipinski definition) is 3. The third kappa shape index (κ3) is 3.65. The van der Waals surface area contributed by atoms with Crippen molar-refractivity contribution in [1.29, 1.82) is 0 Å². The van der Waals surface area contributed by atoms with Crippen molar-refractivity contribution in [2.24, 2.45) is 0 Å². The maximum absolute atomic E-state index is 14.0. The third-order valence-corrected chi connectivity index (χ3v) is 6.25. The monoisotopic (exact) mass is 473 g/mol. The van der Waals surface area contributed by atoms with E-state index in [1.165, 1.54) is 0 Å². The van der Waals surface area contributed by atoms with Gasteiger partial charge in [0.25, 0.3) is 5.56 Å². The zero-order chi connectivity index (χ0) is 24.6.